The number of likely N-dealkylation sites (N-methyl/N-ethyl adjacent to an activating group) is 1. The summed E-state index contributed by atoms with van der Waals surface area (Å²) < 4.78 is 0. The molecule has 0 aromatic heterocycles. The first-order chi connectivity index (χ1) is 7.65. The summed E-state index contributed by atoms with van der Waals surface area (Å²) in [5.74, 6) is -0.210. The third-order valence-electron chi connectivity index (χ3n) is 2.64. The van der Waals surface area contributed by atoms with Gasteiger partial charge in [0.2, 0.25) is 5.91 Å². The summed E-state index contributed by atoms with van der Waals surface area (Å²) in [6.07, 6.45) is 1.50. The van der Waals surface area contributed by atoms with Crippen LogP contribution in [0.4, 0.5) is 5.69 Å². The van der Waals surface area contributed by atoms with Crippen molar-refractivity contribution >= 4 is 29.6 Å². The number of hydrogen-bond acceptors (Lipinski definition) is 3. The molecule has 1 atom stereocenters. The summed E-state index contributed by atoms with van der Waals surface area (Å²) in [5, 5.41) is 9.05. The number of anilines is 1. The number of halogens is 1. The van der Waals surface area contributed by atoms with E-state index in [0.29, 0.717) is 11.3 Å². The van der Waals surface area contributed by atoms with Gasteiger partial charge >= 0.3 is 0 Å². The monoisotopic (exact) mass is 249 g/mol. The third-order valence-corrected chi connectivity index (χ3v) is 2.64. The minimum atomic E-state index is -0.757. The highest BCUT2D eigenvalue weighted by atomic mass is 35.5. The van der Waals surface area contributed by atoms with E-state index in [9.17, 15) is 4.79 Å². The molecule has 1 aromatic carbocycles. The Morgan fingerprint density at radius 2 is 2.06 bits per heavy atom. The first-order valence-corrected chi connectivity index (χ1v) is 4.89. The van der Waals surface area contributed by atoms with Crippen molar-refractivity contribution in [1.29, 1.82) is 5.26 Å². The largest absolute Gasteiger partial charge is 0.317 e. The van der Waals surface area contributed by atoms with E-state index in [0.717, 1.165) is 5.56 Å². The zero-order chi connectivity index (χ0) is 11.7. The smallest absolute Gasteiger partial charge is 0.247 e. The predicted octanol–water partition coefficient (Wildman–Crippen LogP) is 1.32. The highest BCUT2D eigenvalue weighted by Crippen LogP contribution is 2.29. The van der Waals surface area contributed by atoms with Crippen molar-refractivity contribution < 1.29 is 4.79 Å². The number of allylic oxidation sites excluding steroid dienone is 1. The Hall–Kier alpha value is -1.83. The highest BCUT2D eigenvalue weighted by Gasteiger charge is 2.25. The Balaban J connectivity index is 0.00000144. The Labute approximate surface area is 106 Å². The molecule has 0 saturated heterocycles. The highest BCUT2D eigenvalue weighted by molar-refractivity contribution is 6.04. The average molecular weight is 250 g/mol. The van der Waals surface area contributed by atoms with E-state index in [1.165, 1.54) is 11.0 Å². The van der Waals surface area contributed by atoms with Crippen molar-refractivity contribution in [2.75, 3.05) is 11.9 Å². The van der Waals surface area contributed by atoms with Crippen LogP contribution in [-0.2, 0) is 4.79 Å². The summed E-state index contributed by atoms with van der Waals surface area (Å²) in [6.45, 7) is 0. The number of nitrogens with two attached hydrogens (primary N) is 1. The number of rotatable bonds is 0. The van der Waals surface area contributed by atoms with Crippen molar-refractivity contribution in [2.45, 2.75) is 6.04 Å². The van der Waals surface area contributed by atoms with E-state index in [1.54, 1.807) is 13.1 Å². The van der Waals surface area contributed by atoms with Crippen LogP contribution in [0.1, 0.15) is 5.56 Å². The molecule has 1 unspecified atom stereocenters. The van der Waals surface area contributed by atoms with Gasteiger partial charge in [0, 0.05) is 12.6 Å². The molecule has 0 radical (unpaired) electrons. The van der Waals surface area contributed by atoms with Gasteiger partial charge < -0.3 is 10.6 Å². The number of nitrogens with zero attached hydrogens (tertiary/aromatic N) is 2. The second-order valence-corrected chi connectivity index (χ2v) is 3.63. The van der Waals surface area contributed by atoms with Gasteiger partial charge in [-0.2, -0.15) is 5.26 Å². The van der Waals surface area contributed by atoms with E-state index in [2.05, 4.69) is 6.07 Å². The van der Waals surface area contributed by atoms with Gasteiger partial charge in [-0.05, 0) is 12.1 Å². The lowest BCUT2D eigenvalue weighted by molar-refractivity contribution is -0.118. The van der Waals surface area contributed by atoms with Crippen LogP contribution in [0.2, 0.25) is 0 Å². The molecule has 0 fully saturated rings. The van der Waals surface area contributed by atoms with E-state index in [1.807, 2.05) is 18.2 Å². The number of hydrogen-bond donors (Lipinski definition) is 1. The van der Waals surface area contributed by atoms with Crippen LogP contribution in [0.3, 0.4) is 0 Å². The molecular formula is C12H12ClN3O. The van der Waals surface area contributed by atoms with Crippen LogP contribution >= 0.6 is 12.4 Å². The Morgan fingerprint density at radius 3 is 2.71 bits per heavy atom. The molecule has 2 rings (SSSR count). The van der Waals surface area contributed by atoms with Gasteiger partial charge in [-0.15, -0.1) is 12.4 Å². The first kappa shape index (κ1) is 13.2. The van der Waals surface area contributed by atoms with Gasteiger partial charge in [0.25, 0.3) is 0 Å². The molecule has 1 amide bonds. The van der Waals surface area contributed by atoms with Gasteiger partial charge in [0.15, 0.2) is 0 Å². The molecular weight excluding hydrogens is 238 g/mol. The van der Waals surface area contributed by atoms with E-state index < -0.39 is 6.04 Å². The average Bonchev–Trinajstić information content (AvgIpc) is 2.41. The molecule has 5 heteroatoms. The first-order valence-electron chi connectivity index (χ1n) is 4.89. The zero-order valence-electron chi connectivity index (χ0n) is 9.25. The summed E-state index contributed by atoms with van der Waals surface area (Å²) in [5.41, 5.74) is 7.60. The van der Waals surface area contributed by atoms with Crippen LogP contribution < -0.4 is 10.6 Å². The number of carbonyl (C=O) groups is 1. The van der Waals surface area contributed by atoms with Gasteiger partial charge in [-0.25, -0.2) is 0 Å². The van der Waals surface area contributed by atoms with Crippen molar-refractivity contribution in [2.24, 2.45) is 5.73 Å². The minimum Gasteiger partial charge on any atom is -0.317 e. The summed E-state index contributed by atoms with van der Waals surface area (Å²) in [6, 6.07) is 8.59. The molecule has 1 aliphatic rings. The summed E-state index contributed by atoms with van der Waals surface area (Å²) in [7, 11) is 1.66. The molecule has 1 heterocycles. The maximum Gasteiger partial charge on any atom is 0.247 e. The van der Waals surface area contributed by atoms with Gasteiger partial charge in [-0.3, -0.25) is 4.79 Å². The second kappa shape index (κ2) is 5.00. The predicted molar refractivity (Wildman–Crippen MR) is 68.7 cm³/mol. The Kier molecular flexibility index (Phi) is 3.89. The molecule has 17 heavy (non-hydrogen) atoms. The number of nitriles is 1. The fourth-order valence-corrected chi connectivity index (χ4v) is 1.77. The molecule has 88 valence electrons. The second-order valence-electron chi connectivity index (χ2n) is 3.63. The van der Waals surface area contributed by atoms with Crippen LogP contribution in [0.5, 0.6) is 0 Å². The fraction of sp³-hybridized carbons (Fsp3) is 0.167. The minimum absolute atomic E-state index is 0. The van der Waals surface area contributed by atoms with Gasteiger partial charge in [-0.1, -0.05) is 18.2 Å². The summed E-state index contributed by atoms with van der Waals surface area (Å²) >= 11 is 0. The lowest BCUT2D eigenvalue weighted by Crippen LogP contribution is -2.39. The van der Waals surface area contributed by atoms with Gasteiger partial charge in [0.1, 0.15) is 6.04 Å². The normalized spacial score (nSPS) is 18.4. The molecule has 0 saturated carbocycles. The SMILES string of the molecule is CN1C(=O)C(N)C=C(C#N)c2ccccc21.Cl. The quantitative estimate of drug-likeness (QED) is 0.754. The van der Waals surface area contributed by atoms with Crippen molar-refractivity contribution in [1.82, 2.24) is 0 Å². The molecule has 0 bridgehead atoms. The number of fused-ring (bicyclic) bond motifs is 1. The third kappa shape index (κ3) is 2.16. The van der Waals surface area contributed by atoms with Crippen molar-refractivity contribution in [3.63, 3.8) is 0 Å². The topological polar surface area (TPSA) is 70.1 Å². The van der Waals surface area contributed by atoms with Crippen molar-refractivity contribution in [3.8, 4) is 6.07 Å². The Bertz CT molecular complexity index is 519. The number of amides is 1. The number of para-hydroxylation sites is 1. The number of benzene rings is 1. The number of carbonyl (C=O) groups excluding carboxylic acids is 1. The van der Waals surface area contributed by atoms with Crippen molar-refractivity contribution in [3.05, 3.63) is 35.9 Å². The van der Waals surface area contributed by atoms with Gasteiger partial charge in [0.05, 0.1) is 17.3 Å². The molecule has 1 aliphatic heterocycles. The lowest BCUT2D eigenvalue weighted by Gasteiger charge is -2.19. The van der Waals surface area contributed by atoms with E-state index in [-0.39, 0.29) is 18.3 Å². The molecule has 0 spiro atoms. The molecule has 1 aromatic rings. The zero-order valence-corrected chi connectivity index (χ0v) is 10.1. The molecule has 2 N–H and O–H groups in total. The maximum atomic E-state index is 11.8. The maximum absolute atomic E-state index is 11.8. The van der Waals surface area contributed by atoms with E-state index >= 15 is 0 Å². The van der Waals surface area contributed by atoms with Crippen LogP contribution in [-0.4, -0.2) is 19.0 Å². The standard InChI is InChI=1S/C12H11N3O.ClH/c1-15-11-5-3-2-4-9(11)8(7-13)6-10(14)12(15)16;/h2-6,10H,14H2,1H3;1H. The van der Waals surface area contributed by atoms with Crippen LogP contribution in [0.15, 0.2) is 30.3 Å². The Morgan fingerprint density at radius 1 is 1.41 bits per heavy atom. The summed E-state index contributed by atoms with van der Waals surface area (Å²) in [4.78, 5) is 13.3. The lowest BCUT2D eigenvalue weighted by atomic mass is 10.0. The van der Waals surface area contributed by atoms with Crippen LogP contribution in [0.25, 0.3) is 5.57 Å². The van der Waals surface area contributed by atoms with E-state index in [4.69, 9.17) is 11.0 Å². The molecule has 0 aliphatic carbocycles. The van der Waals surface area contributed by atoms with Crippen LogP contribution in [0, 0.1) is 11.3 Å². The molecule has 4 nitrogen and oxygen atoms in total. The fourth-order valence-electron chi connectivity index (χ4n) is 1.77.